The summed E-state index contributed by atoms with van der Waals surface area (Å²) in [6.07, 6.45) is 7.45. The average Bonchev–Trinajstić information content (AvgIpc) is 3.81. The standard InChI is InChI=1S/C35H42N2O3S.2C2H2O4/c38-26-28-8-15-32-33(24-27-6-11-30(12-7-27)39-22-20-36-16-2-1-3-17-36)35(41-34(32)25-28)29-9-13-31(14-10-29)40-23-21-37-18-4-5-19-37;2*3-1(4)2(5)6/h6-15,25,38H,1-5,16-24,26H2;2*(H,3,4)(H,5,6). The van der Waals surface area contributed by atoms with Crippen molar-refractivity contribution in [2.24, 2.45) is 0 Å². The Morgan fingerprint density at radius 1 is 0.604 bits per heavy atom. The van der Waals surface area contributed by atoms with Crippen molar-refractivity contribution in [3.8, 4) is 21.9 Å². The monoisotopic (exact) mass is 750 g/mol. The van der Waals surface area contributed by atoms with Crippen molar-refractivity contribution in [3.63, 3.8) is 0 Å². The van der Waals surface area contributed by atoms with Crippen LogP contribution >= 0.6 is 11.3 Å². The molecule has 53 heavy (non-hydrogen) atoms. The Morgan fingerprint density at radius 3 is 1.53 bits per heavy atom. The molecule has 0 aliphatic carbocycles. The number of likely N-dealkylation sites (tertiary alicyclic amines) is 2. The summed E-state index contributed by atoms with van der Waals surface area (Å²) < 4.78 is 13.4. The lowest BCUT2D eigenvalue weighted by Crippen LogP contribution is -2.33. The van der Waals surface area contributed by atoms with E-state index in [9.17, 15) is 5.11 Å². The summed E-state index contributed by atoms with van der Waals surface area (Å²) in [6, 6.07) is 23.5. The number of carboxylic acid groups (broad SMARTS) is 4. The zero-order valence-electron chi connectivity index (χ0n) is 29.4. The normalized spacial score (nSPS) is 14.4. The second-order valence-electron chi connectivity index (χ2n) is 12.6. The molecular formula is C39H46N2O11S. The summed E-state index contributed by atoms with van der Waals surface area (Å²) >= 11 is 1.81. The highest BCUT2D eigenvalue weighted by Gasteiger charge is 2.16. The Hall–Kier alpha value is -5.02. The second-order valence-corrected chi connectivity index (χ2v) is 13.7. The predicted octanol–water partition coefficient (Wildman–Crippen LogP) is 5.30. The molecule has 2 fully saturated rings. The van der Waals surface area contributed by atoms with Crippen molar-refractivity contribution in [2.75, 3.05) is 52.5 Å². The molecule has 0 amide bonds. The van der Waals surface area contributed by atoms with Crippen molar-refractivity contribution in [1.82, 2.24) is 9.80 Å². The molecule has 2 aliphatic heterocycles. The number of carboxylic acids is 4. The molecule has 3 heterocycles. The van der Waals surface area contributed by atoms with E-state index in [-0.39, 0.29) is 6.61 Å². The number of hydrogen-bond donors (Lipinski definition) is 5. The molecule has 13 nitrogen and oxygen atoms in total. The van der Waals surface area contributed by atoms with Gasteiger partial charge in [0.25, 0.3) is 0 Å². The van der Waals surface area contributed by atoms with Crippen LogP contribution in [0.4, 0.5) is 0 Å². The van der Waals surface area contributed by atoms with Gasteiger partial charge in [-0.1, -0.05) is 30.7 Å². The number of carbonyl (C=O) groups is 4. The first-order valence-corrected chi connectivity index (χ1v) is 18.3. The number of rotatable bonds is 12. The number of nitrogens with zero attached hydrogens (tertiary/aromatic N) is 2. The van der Waals surface area contributed by atoms with E-state index in [2.05, 4.69) is 70.5 Å². The van der Waals surface area contributed by atoms with Gasteiger partial charge in [-0.3, -0.25) is 9.80 Å². The lowest BCUT2D eigenvalue weighted by Gasteiger charge is -2.26. The first-order valence-electron chi connectivity index (χ1n) is 17.5. The SMILES string of the molecule is O=C(O)C(=O)O.O=C(O)C(=O)O.OCc1ccc2c(Cc3ccc(OCCN4CCCCC4)cc3)c(-c3ccc(OCCN4CCCC4)cc3)sc2c1. The zero-order chi connectivity index (χ0) is 38.2. The summed E-state index contributed by atoms with van der Waals surface area (Å²) in [6.45, 7) is 8.33. The van der Waals surface area contributed by atoms with Crippen LogP contribution in [0.2, 0.25) is 0 Å². The van der Waals surface area contributed by atoms with Crippen molar-refractivity contribution < 1.29 is 54.2 Å². The molecule has 5 N–H and O–H groups in total. The highest BCUT2D eigenvalue weighted by atomic mass is 32.1. The summed E-state index contributed by atoms with van der Waals surface area (Å²) in [5.74, 6) is -5.43. The van der Waals surface area contributed by atoms with E-state index in [4.69, 9.17) is 49.1 Å². The fourth-order valence-corrected chi connectivity index (χ4v) is 7.38. The zero-order valence-corrected chi connectivity index (χ0v) is 30.3. The number of aliphatic carboxylic acids is 4. The first-order chi connectivity index (χ1) is 25.5. The average molecular weight is 751 g/mol. The van der Waals surface area contributed by atoms with Crippen molar-refractivity contribution >= 4 is 45.3 Å². The Labute approximate surface area is 311 Å². The van der Waals surface area contributed by atoms with Crippen LogP contribution < -0.4 is 9.47 Å². The third-order valence-electron chi connectivity index (χ3n) is 8.83. The van der Waals surface area contributed by atoms with Crippen LogP contribution in [0.25, 0.3) is 20.5 Å². The summed E-state index contributed by atoms with van der Waals surface area (Å²) in [7, 11) is 0. The minimum absolute atomic E-state index is 0.0567. The first kappa shape index (κ1) is 40.7. The van der Waals surface area contributed by atoms with Crippen LogP contribution in [0.3, 0.4) is 0 Å². The number of aliphatic hydroxyl groups is 1. The molecule has 2 saturated heterocycles. The molecule has 2 aliphatic rings. The fraction of sp³-hybridized carbons (Fsp3) is 0.385. The van der Waals surface area contributed by atoms with E-state index < -0.39 is 23.9 Å². The van der Waals surface area contributed by atoms with Crippen LogP contribution in [0, 0.1) is 0 Å². The maximum absolute atomic E-state index is 9.73. The summed E-state index contributed by atoms with van der Waals surface area (Å²) in [4.78, 5) is 42.7. The van der Waals surface area contributed by atoms with Crippen molar-refractivity contribution in [1.29, 1.82) is 0 Å². The van der Waals surface area contributed by atoms with Gasteiger partial charge >= 0.3 is 23.9 Å². The number of thiophene rings is 1. The van der Waals surface area contributed by atoms with E-state index in [0.717, 1.165) is 49.8 Å². The van der Waals surface area contributed by atoms with E-state index in [1.165, 1.54) is 89.9 Å². The largest absolute Gasteiger partial charge is 0.492 e. The molecule has 6 rings (SSSR count). The maximum Gasteiger partial charge on any atom is 0.414 e. The van der Waals surface area contributed by atoms with Crippen LogP contribution in [0.1, 0.15) is 48.8 Å². The van der Waals surface area contributed by atoms with Gasteiger partial charge in [-0.05, 0) is 128 Å². The van der Waals surface area contributed by atoms with Gasteiger partial charge in [0.15, 0.2) is 0 Å². The number of hydrogen-bond acceptors (Lipinski definition) is 10. The number of aliphatic hydroxyl groups excluding tert-OH is 1. The van der Waals surface area contributed by atoms with Crippen molar-refractivity contribution in [3.05, 3.63) is 83.4 Å². The lowest BCUT2D eigenvalue weighted by molar-refractivity contribution is -0.159. The second kappa shape index (κ2) is 20.9. The Kier molecular flexibility index (Phi) is 16.0. The molecule has 14 heteroatoms. The van der Waals surface area contributed by atoms with Crippen LogP contribution in [-0.4, -0.2) is 112 Å². The third-order valence-corrected chi connectivity index (χ3v) is 10.1. The van der Waals surface area contributed by atoms with Gasteiger partial charge in [-0.2, -0.15) is 0 Å². The van der Waals surface area contributed by atoms with Gasteiger partial charge in [0, 0.05) is 22.7 Å². The molecule has 3 aromatic carbocycles. The summed E-state index contributed by atoms with van der Waals surface area (Å²) in [5.41, 5.74) is 4.75. The molecule has 0 radical (unpaired) electrons. The van der Waals surface area contributed by atoms with E-state index >= 15 is 0 Å². The Bertz CT molecular complexity index is 1750. The van der Waals surface area contributed by atoms with Gasteiger partial charge in [0.2, 0.25) is 0 Å². The van der Waals surface area contributed by atoms with Gasteiger partial charge in [0.05, 0.1) is 6.61 Å². The van der Waals surface area contributed by atoms with Crippen LogP contribution in [0.15, 0.2) is 66.7 Å². The van der Waals surface area contributed by atoms with Gasteiger partial charge in [-0.15, -0.1) is 11.3 Å². The molecule has 4 aromatic rings. The molecule has 284 valence electrons. The van der Waals surface area contributed by atoms with Gasteiger partial charge < -0.3 is 35.0 Å². The molecule has 0 saturated carbocycles. The van der Waals surface area contributed by atoms with Gasteiger partial charge in [0.1, 0.15) is 24.7 Å². The topological polar surface area (TPSA) is 194 Å². The van der Waals surface area contributed by atoms with E-state index in [1.54, 1.807) is 11.3 Å². The highest BCUT2D eigenvalue weighted by Crippen LogP contribution is 2.41. The number of benzene rings is 3. The van der Waals surface area contributed by atoms with Crippen LogP contribution in [-0.2, 0) is 32.2 Å². The number of ether oxygens (including phenoxy) is 2. The quantitative estimate of drug-likeness (QED) is 0.117. The van der Waals surface area contributed by atoms with Crippen molar-refractivity contribution in [2.45, 2.75) is 45.1 Å². The fourth-order valence-electron chi connectivity index (χ4n) is 6.09. The summed E-state index contributed by atoms with van der Waals surface area (Å²) in [5, 5.41) is 40.6. The smallest absolute Gasteiger partial charge is 0.414 e. The minimum Gasteiger partial charge on any atom is -0.492 e. The van der Waals surface area contributed by atoms with Crippen LogP contribution in [0.5, 0.6) is 11.5 Å². The third kappa shape index (κ3) is 13.2. The maximum atomic E-state index is 9.73. The molecule has 1 aromatic heterocycles. The minimum atomic E-state index is -1.82. The van der Waals surface area contributed by atoms with Gasteiger partial charge in [-0.25, -0.2) is 19.2 Å². The molecule has 0 spiro atoms. The Morgan fingerprint density at radius 2 is 1.06 bits per heavy atom. The number of piperidine rings is 1. The highest BCUT2D eigenvalue weighted by molar-refractivity contribution is 7.22. The molecule has 0 bridgehead atoms. The lowest BCUT2D eigenvalue weighted by atomic mass is 9.98. The Balaban J connectivity index is 0.000000453. The molecule has 0 unspecified atom stereocenters. The number of fused-ring (bicyclic) bond motifs is 1. The molecular weight excluding hydrogens is 704 g/mol. The van der Waals surface area contributed by atoms with E-state index in [0.29, 0.717) is 0 Å². The molecule has 0 atom stereocenters. The van der Waals surface area contributed by atoms with E-state index in [1.807, 2.05) is 6.07 Å². The predicted molar refractivity (Wildman–Crippen MR) is 200 cm³/mol.